The summed E-state index contributed by atoms with van der Waals surface area (Å²) in [7, 11) is 3.50. The van der Waals surface area contributed by atoms with Crippen LogP contribution in [0.15, 0.2) is 30.3 Å². The van der Waals surface area contributed by atoms with E-state index in [-0.39, 0.29) is 0 Å². The van der Waals surface area contributed by atoms with Gasteiger partial charge in [-0.15, -0.1) is 0 Å². The molecule has 0 unspecified atom stereocenters. The third-order valence-electron chi connectivity index (χ3n) is 2.61. The first-order valence-corrected chi connectivity index (χ1v) is 5.41. The molecule has 0 radical (unpaired) electrons. The molecule has 0 spiro atoms. The van der Waals surface area contributed by atoms with E-state index in [1.54, 1.807) is 14.2 Å². The molecular formula is C13H20O2. The molecule has 84 valence electrons. The molecule has 0 heterocycles. The van der Waals surface area contributed by atoms with Crippen molar-refractivity contribution in [1.82, 2.24) is 0 Å². The summed E-state index contributed by atoms with van der Waals surface area (Å²) in [6.45, 7) is 1.62. The molecule has 0 aliphatic heterocycles. The fourth-order valence-corrected chi connectivity index (χ4v) is 1.72. The highest BCUT2D eigenvalue weighted by atomic mass is 16.5. The SMILES string of the molecule is COCCC(CCOC)c1ccccc1. The number of hydrogen-bond donors (Lipinski definition) is 0. The molecular weight excluding hydrogens is 188 g/mol. The topological polar surface area (TPSA) is 18.5 Å². The highest BCUT2D eigenvalue weighted by Crippen LogP contribution is 2.23. The van der Waals surface area contributed by atoms with Gasteiger partial charge in [0.15, 0.2) is 0 Å². The molecule has 0 amide bonds. The van der Waals surface area contributed by atoms with Gasteiger partial charge in [-0.1, -0.05) is 30.3 Å². The van der Waals surface area contributed by atoms with Crippen molar-refractivity contribution < 1.29 is 9.47 Å². The molecule has 0 aliphatic carbocycles. The number of benzene rings is 1. The lowest BCUT2D eigenvalue weighted by molar-refractivity contribution is 0.163. The molecule has 0 N–H and O–H groups in total. The maximum Gasteiger partial charge on any atom is 0.0468 e. The van der Waals surface area contributed by atoms with Crippen LogP contribution in [0.1, 0.15) is 24.3 Å². The molecule has 0 aromatic heterocycles. The van der Waals surface area contributed by atoms with Crippen LogP contribution in [0.5, 0.6) is 0 Å². The second-order valence-corrected chi connectivity index (χ2v) is 3.67. The van der Waals surface area contributed by atoms with Crippen molar-refractivity contribution in [2.45, 2.75) is 18.8 Å². The third kappa shape index (κ3) is 4.45. The van der Waals surface area contributed by atoms with Gasteiger partial charge < -0.3 is 9.47 Å². The van der Waals surface area contributed by atoms with E-state index in [2.05, 4.69) is 24.3 Å². The zero-order chi connectivity index (χ0) is 10.9. The fourth-order valence-electron chi connectivity index (χ4n) is 1.72. The van der Waals surface area contributed by atoms with Gasteiger partial charge in [-0.3, -0.25) is 0 Å². The highest BCUT2D eigenvalue weighted by molar-refractivity contribution is 5.19. The van der Waals surface area contributed by atoms with Crippen LogP contribution >= 0.6 is 0 Å². The molecule has 0 saturated heterocycles. The van der Waals surface area contributed by atoms with Crippen molar-refractivity contribution in [3.05, 3.63) is 35.9 Å². The van der Waals surface area contributed by atoms with Crippen molar-refractivity contribution in [1.29, 1.82) is 0 Å². The quantitative estimate of drug-likeness (QED) is 0.686. The summed E-state index contributed by atoms with van der Waals surface area (Å²) < 4.78 is 10.3. The molecule has 1 aromatic carbocycles. The Morgan fingerprint density at radius 2 is 1.47 bits per heavy atom. The van der Waals surface area contributed by atoms with E-state index in [1.165, 1.54) is 5.56 Å². The molecule has 2 nitrogen and oxygen atoms in total. The monoisotopic (exact) mass is 208 g/mol. The van der Waals surface area contributed by atoms with Gasteiger partial charge in [0.1, 0.15) is 0 Å². The van der Waals surface area contributed by atoms with Crippen molar-refractivity contribution in [3.8, 4) is 0 Å². The Bertz CT molecular complexity index is 238. The van der Waals surface area contributed by atoms with E-state index >= 15 is 0 Å². The normalized spacial score (nSPS) is 10.9. The predicted octanol–water partition coefficient (Wildman–Crippen LogP) is 2.84. The van der Waals surface area contributed by atoms with E-state index < -0.39 is 0 Å². The van der Waals surface area contributed by atoms with Gasteiger partial charge >= 0.3 is 0 Å². The van der Waals surface area contributed by atoms with Gasteiger partial charge in [-0.05, 0) is 24.3 Å². The first kappa shape index (κ1) is 12.2. The maximum absolute atomic E-state index is 5.13. The van der Waals surface area contributed by atoms with Crippen LogP contribution < -0.4 is 0 Å². The van der Waals surface area contributed by atoms with Crippen LogP contribution in [0.4, 0.5) is 0 Å². The first-order chi connectivity index (χ1) is 7.38. The van der Waals surface area contributed by atoms with E-state index in [0.29, 0.717) is 5.92 Å². The van der Waals surface area contributed by atoms with E-state index in [0.717, 1.165) is 26.1 Å². The van der Waals surface area contributed by atoms with Crippen molar-refractivity contribution in [2.24, 2.45) is 0 Å². The average Bonchev–Trinajstić information content (AvgIpc) is 2.30. The number of methoxy groups -OCH3 is 2. The number of rotatable bonds is 7. The number of ether oxygens (including phenoxy) is 2. The van der Waals surface area contributed by atoms with E-state index in [1.807, 2.05) is 6.07 Å². The summed E-state index contributed by atoms with van der Waals surface area (Å²) >= 11 is 0. The van der Waals surface area contributed by atoms with Crippen molar-refractivity contribution >= 4 is 0 Å². The van der Waals surface area contributed by atoms with Crippen LogP contribution in [0.3, 0.4) is 0 Å². The van der Waals surface area contributed by atoms with Gasteiger partial charge in [-0.25, -0.2) is 0 Å². The highest BCUT2D eigenvalue weighted by Gasteiger charge is 2.10. The van der Waals surface area contributed by atoms with E-state index in [4.69, 9.17) is 9.47 Å². The average molecular weight is 208 g/mol. The Labute approximate surface area is 92.2 Å². The minimum absolute atomic E-state index is 0.547. The largest absolute Gasteiger partial charge is 0.385 e. The zero-order valence-electron chi connectivity index (χ0n) is 9.61. The van der Waals surface area contributed by atoms with Crippen LogP contribution in [0.2, 0.25) is 0 Å². The van der Waals surface area contributed by atoms with Crippen LogP contribution in [0.25, 0.3) is 0 Å². The minimum Gasteiger partial charge on any atom is -0.385 e. The van der Waals surface area contributed by atoms with Gasteiger partial charge in [0, 0.05) is 27.4 Å². The molecule has 0 aliphatic rings. The summed E-state index contributed by atoms with van der Waals surface area (Å²) in [4.78, 5) is 0. The fraction of sp³-hybridized carbons (Fsp3) is 0.538. The molecule has 0 bridgehead atoms. The van der Waals surface area contributed by atoms with E-state index in [9.17, 15) is 0 Å². The molecule has 1 rings (SSSR count). The molecule has 15 heavy (non-hydrogen) atoms. The lowest BCUT2D eigenvalue weighted by Gasteiger charge is -2.16. The standard InChI is InChI=1S/C13H20O2/c1-14-10-8-13(9-11-15-2)12-6-4-3-5-7-12/h3-7,13H,8-11H2,1-2H3. The Balaban J connectivity index is 2.55. The van der Waals surface area contributed by atoms with Gasteiger partial charge in [0.2, 0.25) is 0 Å². The van der Waals surface area contributed by atoms with Crippen LogP contribution in [-0.2, 0) is 9.47 Å². The molecule has 0 fully saturated rings. The lowest BCUT2D eigenvalue weighted by Crippen LogP contribution is -2.06. The second-order valence-electron chi connectivity index (χ2n) is 3.67. The molecule has 0 atom stereocenters. The Morgan fingerprint density at radius 1 is 0.933 bits per heavy atom. The third-order valence-corrected chi connectivity index (χ3v) is 2.61. The zero-order valence-corrected chi connectivity index (χ0v) is 9.61. The maximum atomic E-state index is 5.13. The lowest BCUT2D eigenvalue weighted by atomic mass is 9.93. The van der Waals surface area contributed by atoms with Crippen LogP contribution in [0, 0.1) is 0 Å². The Morgan fingerprint density at radius 3 is 1.93 bits per heavy atom. The predicted molar refractivity (Wildman–Crippen MR) is 62.2 cm³/mol. The van der Waals surface area contributed by atoms with Gasteiger partial charge in [-0.2, -0.15) is 0 Å². The summed E-state index contributed by atoms with van der Waals surface area (Å²) in [6, 6.07) is 10.6. The summed E-state index contributed by atoms with van der Waals surface area (Å²) in [5, 5.41) is 0. The molecule has 0 saturated carbocycles. The van der Waals surface area contributed by atoms with Crippen molar-refractivity contribution in [3.63, 3.8) is 0 Å². The van der Waals surface area contributed by atoms with Crippen LogP contribution in [-0.4, -0.2) is 27.4 Å². The second kappa shape index (κ2) is 7.43. The molecule has 2 heteroatoms. The summed E-state index contributed by atoms with van der Waals surface area (Å²) in [6.07, 6.45) is 2.12. The first-order valence-electron chi connectivity index (χ1n) is 5.41. The molecule has 1 aromatic rings. The Hall–Kier alpha value is -0.860. The van der Waals surface area contributed by atoms with Gasteiger partial charge in [0.05, 0.1) is 0 Å². The Kier molecular flexibility index (Phi) is 6.05. The minimum atomic E-state index is 0.547. The number of hydrogen-bond acceptors (Lipinski definition) is 2. The summed E-state index contributed by atoms with van der Waals surface area (Å²) in [5.41, 5.74) is 1.38. The van der Waals surface area contributed by atoms with Gasteiger partial charge in [0.25, 0.3) is 0 Å². The smallest absolute Gasteiger partial charge is 0.0468 e. The summed E-state index contributed by atoms with van der Waals surface area (Å²) in [5.74, 6) is 0.547. The van der Waals surface area contributed by atoms with Crippen molar-refractivity contribution in [2.75, 3.05) is 27.4 Å².